The number of nitrogens with one attached hydrogen (secondary N) is 1. The van der Waals surface area contributed by atoms with E-state index >= 15 is 0 Å². The Balaban J connectivity index is 2.32. The van der Waals surface area contributed by atoms with Crippen molar-refractivity contribution in [1.82, 2.24) is 5.32 Å². The SMILES string of the molecule is Nc1ccc2c(c1)CCCC2NC(P(=O)(O)O)P(=O)(O)O. The van der Waals surface area contributed by atoms with Crippen LogP contribution in [0.15, 0.2) is 18.2 Å². The molecule has 0 heterocycles. The zero-order valence-corrected chi connectivity index (χ0v) is 12.9. The summed E-state index contributed by atoms with van der Waals surface area (Å²) in [4.78, 5) is 36.7. The van der Waals surface area contributed by atoms with Gasteiger partial charge in [-0.3, -0.25) is 14.4 Å². The largest absolute Gasteiger partial charge is 0.399 e. The van der Waals surface area contributed by atoms with Gasteiger partial charge >= 0.3 is 15.2 Å². The minimum atomic E-state index is -4.98. The minimum Gasteiger partial charge on any atom is -0.399 e. The maximum absolute atomic E-state index is 11.3. The Bertz CT molecular complexity index is 603. The molecule has 1 unspecified atom stereocenters. The fourth-order valence-electron chi connectivity index (χ4n) is 2.58. The summed E-state index contributed by atoms with van der Waals surface area (Å²) in [6.45, 7) is 0. The quantitative estimate of drug-likeness (QED) is 0.350. The van der Waals surface area contributed by atoms with Crippen molar-refractivity contribution in [1.29, 1.82) is 0 Å². The van der Waals surface area contributed by atoms with Gasteiger partial charge in [-0.05, 0) is 42.5 Å². The van der Waals surface area contributed by atoms with Crippen molar-refractivity contribution in [2.75, 3.05) is 5.73 Å². The molecule has 10 heteroatoms. The Morgan fingerprint density at radius 1 is 1.19 bits per heavy atom. The molecule has 1 aliphatic carbocycles. The first kappa shape index (κ1) is 16.6. The van der Waals surface area contributed by atoms with Crippen LogP contribution >= 0.6 is 15.2 Å². The first-order chi connectivity index (χ1) is 9.59. The summed E-state index contributed by atoms with van der Waals surface area (Å²) in [7, 11) is -9.97. The van der Waals surface area contributed by atoms with Crippen LogP contribution in [-0.4, -0.2) is 25.1 Å². The van der Waals surface area contributed by atoms with Crippen molar-refractivity contribution in [2.45, 2.75) is 30.8 Å². The molecule has 0 fully saturated rings. The number of rotatable bonds is 4. The number of aryl methyl sites for hydroxylation is 1. The Morgan fingerprint density at radius 3 is 2.38 bits per heavy atom. The van der Waals surface area contributed by atoms with Crippen LogP contribution in [0.2, 0.25) is 0 Å². The fraction of sp³-hybridized carbons (Fsp3) is 0.455. The summed E-state index contributed by atoms with van der Waals surface area (Å²) in [5.74, 6) is 0. The maximum Gasteiger partial charge on any atom is 0.354 e. The molecule has 118 valence electrons. The fourth-order valence-corrected chi connectivity index (χ4v) is 4.89. The number of nitrogen functional groups attached to an aromatic ring is 1. The Kier molecular flexibility index (Phi) is 4.61. The highest BCUT2D eigenvalue weighted by molar-refractivity contribution is 7.70. The third-order valence-corrected chi connectivity index (χ3v) is 6.85. The summed E-state index contributed by atoms with van der Waals surface area (Å²) in [6.07, 6.45) is 2.05. The molecule has 1 aromatic carbocycles. The van der Waals surface area contributed by atoms with E-state index < -0.39 is 26.8 Å². The van der Waals surface area contributed by atoms with Crippen LogP contribution in [0.25, 0.3) is 0 Å². The van der Waals surface area contributed by atoms with Crippen LogP contribution in [0.5, 0.6) is 0 Å². The van der Waals surface area contributed by atoms with Gasteiger partial charge in [0.05, 0.1) is 0 Å². The third-order valence-electron chi connectivity index (χ3n) is 3.47. The van der Waals surface area contributed by atoms with E-state index in [0.717, 1.165) is 24.0 Å². The van der Waals surface area contributed by atoms with Crippen molar-refractivity contribution in [3.05, 3.63) is 29.3 Å². The van der Waals surface area contributed by atoms with Crippen LogP contribution in [0.3, 0.4) is 0 Å². The topological polar surface area (TPSA) is 153 Å². The highest BCUT2D eigenvalue weighted by atomic mass is 31.2. The number of fused-ring (bicyclic) bond motifs is 1. The highest BCUT2D eigenvalue weighted by Crippen LogP contribution is 2.59. The van der Waals surface area contributed by atoms with Gasteiger partial charge in [0.15, 0.2) is 0 Å². The van der Waals surface area contributed by atoms with Crippen molar-refractivity contribution in [3.8, 4) is 0 Å². The Hall–Kier alpha value is -0.720. The average Bonchev–Trinajstić information content (AvgIpc) is 2.32. The molecular weight excluding hydrogens is 318 g/mol. The van der Waals surface area contributed by atoms with Crippen molar-refractivity contribution < 1.29 is 28.7 Å². The monoisotopic (exact) mass is 336 g/mol. The summed E-state index contributed by atoms with van der Waals surface area (Å²) < 4.78 is 22.7. The number of hydrogen-bond acceptors (Lipinski definition) is 4. The molecule has 1 aromatic rings. The van der Waals surface area contributed by atoms with E-state index in [-0.39, 0.29) is 0 Å². The summed E-state index contributed by atoms with van der Waals surface area (Å²) >= 11 is 0. The van der Waals surface area contributed by atoms with Crippen molar-refractivity contribution in [2.24, 2.45) is 0 Å². The van der Waals surface area contributed by atoms with Gasteiger partial charge in [-0.25, -0.2) is 0 Å². The molecule has 2 rings (SSSR count). The third kappa shape index (κ3) is 3.93. The molecule has 0 radical (unpaired) electrons. The average molecular weight is 336 g/mol. The Morgan fingerprint density at radius 2 is 1.81 bits per heavy atom. The van der Waals surface area contributed by atoms with Gasteiger partial charge in [0.2, 0.25) is 5.52 Å². The van der Waals surface area contributed by atoms with Crippen LogP contribution in [-0.2, 0) is 15.6 Å². The molecule has 0 aromatic heterocycles. The number of anilines is 1. The van der Waals surface area contributed by atoms with Gasteiger partial charge in [-0.15, -0.1) is 0 Å². The number of nitrogens with two attached hydrogens (primary N) is 1. The smallest absolute Gasteiger partial charge is 0.354 e. The summed E-state index contributed by atoms with van der Waals surface area (Å²) in [6, 6.07) is 4.62. The molecule has 0 saturated carbocycles. The van der Waals surface area contributed by atoms with Crippen molar-refractivity contribution in [3.63, 3.8) is 0 Å². The second-order valence-electron chi connectivity index (χ2n) is 5.12. The molecule has 1 aliphatic rings. The van der Waals surface area contributed by atoms with Crippen LogP contribution in [0, 0.1) is 0 Å². The Labute approximate surface area is 121 Å². The second-order valence-corrected chi connectivity index (χ2v) is 8.92. The van der Waals surface area contributed by atoms with E-state index in [9.17, 15) is 28.7 Å². The second kappa shape index (κ2) is 5.82. The minimum absolute atomic E-state index is 0.528. The summed E-state index contributed by atoms with van der Waals surface area (Å²) in [5.41, 5.74) is 5.77. The zero-order chi connectivity index (χ0) is 15.8. The first-order valence-corrected chi connectivity index (χ1v) is 9.70. The highest BCUT2D eigenvalue weighted by Gasteiger charge is 2.45. The number of benzene rings is 1. The predicted molar refractivity (Wildman–Crippen MR) is 77.5 cm³/mol. The molecule has 7 N–H and O–H groups in total. The van der Waals surface area contributed by atoms with Crippen LogP contribution < -0.4 is 11.1 Å². The van der Waals surface area contributed by atoms with Gasteiger partial charge in [-0.1, -0.05) is 6.07 Å². The lowest BCUT2D eigenvalue weighted by atomic mass is 9.87. The maximum atomic E-state index is 11.3. The summed E-state index contributed by atoms with van der Waals surface area (Å²) in [5, 5.41) is 2.44. The van der Waals surface area contributed by atoms with Crippen molar-refractivity contribution >= 4 is 20.9 Å². The molecule has 0 bridgehead atoms. The van der Waals surface area contributed by atoms with Crippen LogP contribution in [0.1, 0.15) is 30.0 Å². The van der Waals surface area contributed by atoms with Gasteiger partial charge < -0.3 is 25.3 Å². The van der Waals surface area contributed by atoms with E-state index in [1.54, 1.807) is 18.2 Å². The lowest BCUT2D eigenvalue weighted by Gasteiger charge is -2.31. The molecular formula is C11H18N2O6P2. The van der Waals surface area contributed by atoms with E-state index in [2.05, 4.69) is 5.32 Å². The van der Waals surface area contributed by atoms with Gasteiger partial charge in [0.25, 0.3) is 0 Å². The standard InChI is InChI=1S/C11H18N2O6P2/c12-8-4-5-9-7(6-8)2-1-3-10(9)13-11(20(14,15)16)21(17,18)19/h4-6,10-11,13H,1-3,12H2,(H2,14,15,16)(H2,17,18,19). The molecule has 0 amide bonds. The van der Waals surface area contributed by atoms with E-state index in [4.69, 9.17) is 5.73 Å². The first-order valence-electron chi connectivity index (χ1n) is 6.34. The van der Waals surface area contributed by atoms with Gasteiger partial charge in [0.1, 0.15) is 0 Å². The van der Waals surface area contributed by atoms with Gasteiger partial charge in [-0.2, -0.15) is 0 Å². The predicted octanol–water partition coefficient (Wildman–Crippen LogP) is 0.875. The molecule has 0 spiro atoms. The molecule has 0 saturated heterocycles. The molecule has 0 aliphatic heterocycles. The molecule has 21 heavy (non-hydrogen) atoms. The lowest BCUT2D eigenvalue weighted by Crippen LogP contribution is -2.34. The van der Waals surface area contributed by atoms with Crippen LogP contribution in [0.4, 0.5) is 5.69 Å². The van der Waals surface area contributed by atoms with Gasteiger partial charge in [0, 0.05) is 11.7 Å². The molecule has 8 nitrogen and oxygen atoms in total. The number of hydrogen-bond donors (Lipinski definition) is 6. The normalized spacial score (nSPS) is 19.6. The van der Waals surface area contributed by atoms with E-state index in [1.165, 1.54) is 0 Å². The molecule has 1 atom stereocenters. The van der Waals surface area contributed by atoms with E-state index in [1.807, 2.05) is 0 Å². The van der Waals surface area contributed by atoms with E-state index in [0.29, 0.717) is 12.1 Å². The lowest BCUT2D eigenvalue weighted by molar-refractivity contribution is 0.315. The zero-order valence-electron chi connectivity index (χ0n) is 11.1.